The zero-order valence-electron chi connectivity index (χ0n) is 26.3. The lowest BCUT2D eigenvalue weighted by molar-refractivity contribution is -0.505. The molecule has 0 unspecified atom stereocenters. The van der Waals surface area contributed by atoms with E-state index in [1.54, 1.807) is 0 Å². The molecule has 0 saturated heterocycles. The molecular weight excluding hydrogens is 504 g/mol. The summed E-state index contributed by atoms with van der Waals surface area (Å²) >= 11 is 0. The lowest BCUT2D eigenvalue weighted by Crippen LogP contribution is -2.26. The fraction of sp³-hybridized carbons (Fsp3) is 0.486. The monoisotopic (exact) mass is 549 g/mol. The van der Waals surface area contributed by atoms with E-state index in [1.807, 2.05) is 0 Å². The third kappa shape index (κ3) is 3.97. The quantitative estimate of drug-likeness (QED) is 0.359. The van der Waals surface area contributed by atoms with E-state index in [0.29, 0.717) is 0 Å². The van der Waals surface area contributed by atoms with Crippen molar-refractivity contribution in [2.45, 2.75) is 113 Å². The number of nitrogens with one attached hydrogen (secondary N) is 1. The summed E-state index contributed by atoms with van der Waals surface area (Å²) in [5, 5.41) is 1.14. The van der Waals surface area contributed by atoms with Crippen molar-refractivity contribution in [2.75, 3.05) is 0 Å². The topological polar surface area (TPSA) is 60.8 Å². The van der Waals surface area contributed by atoms with Gasteiger partial charge in [0.25, 0.3) is 0 Å². The number of hydrogen-bond acceptors (Lipinski definition) is 3. The van der Waals surface area contributed by atoms with Crippen LogP contribution in [0.2, 0.25) is 0 Å². The maximum absolute atomic E-state index is 5.49. The third-order valence-corrected chi connectivity index (χ3v) is 9.47. The van der Waals surface area contributed by atoms with E-state index in [4.69, 9.17) is 15.0 Å². The molecule has 6 bridgehead atoms. The Labute approximate surface area is 244 Å². The fourth-order valence-corrected chi connectivity index (χ4v) is 7.58. The minimum absolute atomic E-state index is 0.719. The number of H-pyrrole nitrogens is 1. The average Bonchev–Trinajstić information content (AvgIpc) is 3.68. The molecular formula is C35H45N6+. The van der Waals surface area contributed by atoms with Crippen LogP contribution in [0.4, 0.5) is 5.82 Å². The molecule has 214 valence electrons. The summed E-state index contributed by atoms with van der Waals surface area (Å²) in [6.45, 7) is 18.8. The largest absolute Gasteiger partial charge is 0.331 e. The molecule has 4 aliphatic heterocycles. The van der Waals surface area contributed by atoms with Crippen LogP contribution in [0.3, 0.4) is 0 Å². The molecule has 2 aromatic rings. The second-order valence-corrected chi connectivity index (χ2v) is 11.3. The van der Waals surface area contributed by atoms with Crippen LogP contribution in [0.5, 0.6) is 0 Å². The van der Waals surface area contributed by atoms with Crippen LogP contribution in [0, 0.1) is 0 Å². The number of aromatic amines is 1. The standard InChI is InChI=1S/C35H44N6/c1-9-20-24(13-5)32-36-28(20)17-29-21(10-2)25(14-6)33(37-29)39-35-27(16-8)23(12-4)31-18-30-22(11-3)26(15-7)34(38-32)40(30)19-41(31)35/h17-18H,9-16,19H2,1-8H3/p+1. The molecule has 6 heteroatoms. The Morgan fingerprint density at radius 1 is 0.659 bits per heavy atom. The molecule has 0 aliphatic carbocycles. The Kier molecular flexibility index (Phi) is 7.21. The van der Waals surface area contributed by atoms with Crippen molar-refractivity contribution in [1.29, 1.82) is 0 Å². The predicted molar refractivity (Wildman–Crippen MR) is 171 cm³/mol. The van der Waals surface area contributed by atoms with E-state index in [9.17, 15) is 0 Å². The highest BCUT2D eigenvalue weighted by Gasteiger charge is 2.39. The molecule has 6 heterocycles. The number of aliphatic imine (C=N–C) groups is 2. The second kappa shape index (κ2) is 10.7. The first-order valence-corrected chi connectivity index (χ1v) is 16.0. The van der Waals surface area contributed by atoms with Gasteiger partial charge in [0.2, 0.25) is 5.49 Å². The molecule has 0 saturated carbocycles. The molecule has 0 fully saturated rings. The van der Waals surface area contributed by atoms with Crippen molar-refractivity contribution in [1.82, 2.24) is 9.55 Å². The minimum atomic E-state index is 0.719. The van der Waals surface area contributed by atoms with Crippen LogP contribution < -0.4 is 10.8 Å². The van der Waals surface area contributed by atoms with Crippen LogP contribution in [0.15, 0.2) is 43.0 Å². The van der Waals surface area contributed by atoms with E-state index in [2.05, 4.69) is 81.7 Å². The second-order valence-electron chi connectivity index (χ2n) is 11.3. The lowest BCUT2D eigenvalue weighted by atomic mass is 9.99. The molecule has 2 aromatic heterocycles. The van der Waals surface area contributed by atoms with Gasteiger partial charge in [-0.3, -0.25) is 4.57 Å². The first kappa shape index (κ1) is 27.6. The van der Waals surface area contributed by atoms with Gasteiger partial charge < -0.3 is 4.98 Å². The van der Waals surface area contributed by atoms with Gasteiger partial charge in [0.15, 0.2) is 12.5 Å². The Hall–Kier alpha value is -3.54. The number of nitrogens with zero attached hydrogens (tertiary/aromatic N) is 5. The van der Waals surface area contributed by atoms with Crippen molar-refractivity contribution in [3.05, 3.63) is 66.8 Å². The number of rotatable bonds is 8. The number of amidine groups is 2. The number of fused-ring (bicyclic) bond motifs is 3. The van der Waals surface area contributed by atoms with Gasteiger partial charge in [-0.05, 0) is 79.1 Å². The van der Waals surface area contributed by atoms with E-state index < -0.39 is 0 Å². The molecule has 41 heavy (non-hydrogen) atoms. The molecule has 4 aliphatic rings. The predicted octanol–water partition coefficient (Wildman–Crippen LogP) is 6.63. The summed E-state index contributed by atoms with van der Waals surface area (Å²) in [6.07, 6.45) is 12.3. The summed E-state index contributed by atoms with van der Waals surface area (Å²) in [4.78, 5) is 20.0. The van der Waals surface area contributed by atoms with Crippen LogP contribution in [0.1, 0.15) is 109 Å². The summed E-state index contributed by atoms with van der Waals surface area (Å²) in [5.41, 5.74) is 15.5. The minimum Gasteiger partial charge on any atom is -0.319 e. The number of allylic oxidation sites excluding steroid dienone is 2. The lowest BCUT2D eigenvalue weighted by Gasteiger charge is -2.18. The van der Waals surface area contributed by atoms with Gasteiger partial charge in [0.05, 0.1) is 17.0 Å². The number of hydrogen-bond donors (Lipinski definition) is 1. The first-order chi connectivity index (χ1) is 20.0. The summed E-state index contributed by atoms with van der Waals surface area (Å²) in [7, 11) is 0. The maximum atomic E-state index is 5.49. The SMILES string of the molecule is CCC1=C(CC)C2=[N+]3Cn4c(c(CC)c(CC)c4N=C4N=C(C=c5[nH]c(c(CC)c5CC)=N2)C(CC)=C4CC)C=C13. The van der Waals surface area contributed by atoms with Gasteiger partial charge >= 0.3 is 5.84 Å². The molecule has 0 aromatic carbocycles. The molecule has 1 N–H and O–H groups in total. The van der Waals surface area contributed by atoms with Gasteiger partial charge in [0.1, 0.15) is 11.5 Å². The number of aromatic nitrogens is 2. The molecule has 6 rings (SSSR count). The summed E-state index contributed by atoms with van der Waals surface area (Å²) in [5.74, 6) is 3.05. The van der Waals surface area contributed by atoms with Gasteiger partial charge in [0, 0.05) is 33.7 Å². The van der Waals surface area contributed by atoms with Crippen LogP contribution in [0.25, 0.3) is 12.2 Å². The van der Waals surface area contributed by atoms with Gasteiger partial charge in [-0.2, -0.15) is 0 Å². The van der Waals surface area contributed by atoms with E-state index >= 15 is 0 Å². The smallest absolute Gasteiger partial charge is 0.319 e. The van der Waals surface area contributed by atoms with Crippen LogP contribution in [-0.4, -0.2) is 31.5 Å². The zero-order chi connectivity index (χ0) is 29.0. The van der Waals surface area contributed by atoms with Crippen LogP contribution >= 0.6 is 0 Å². The third-order valence-electron chi connectivity index (χ3n) is 9.47. The van der Waals surface area contributed by atoms with Crippen molar-refractivity contribution < 1.29 is 4.58 Å². The summed E-state index contributed by atoms with van der Waals surface area (Å²) in [6, 6.07) is 0. The van der Waals surface area contributed by atoms with Gasteiger partial charge in [-0.25, -0.2) is 14.6 Å². The molecule has 0 amide bonds. The molecule has 0 radical (unpaired) electrons. The van der Waals surface area contributed by atoms with E-state index in [0.717, 1.165) is 92.1 Å². The Morgan fingerprint density at radius 3 is 1.93 bits per heavy atom. The molecule has 0 atom stereocenters. The zero-order valence-corrected chi connectivity index (χ0v) is 26.3. The molecule has 6 nitrogen and oxygen atoms in total. The van der Waals surface area contributed by atoms with E-state index in [1.165, 1.54) is 55.9 Å². The highest BCUT2D eigenvalue weighted by atomic mass is 15.3. The normalized spacial score (nSPS) is 17.5. The van der Waals surface area contributed by atoms with Crippen LogP contribution in [-0.2, 0) is 32.4 Å². The van der Waals surface area contributed by atoms with Crippen molar-refractivity contribution in [3.8, 4) is 0 Å². The first-order valence-electron chi connectivity index (χ1n) is 16.0. The maximum Gasteiger partial charge on any atom is 0.331 e. The van der Waals surface area contributed by atoms with Gasteiger partial charge in [-0.1, -0.05) is 55.4 Å². The Morgan fingerprint density at radius 2 is 1.32 bits per heavy atom. The van der Waals surface area contributed by atoms with Crippen molar-refractivity contribution >= 4 is 35.4 Å². The average molecular weight is 550 g/mol. The van der Waals surface area contributed by atoms with Crippen molar-refractivity contribution in [3.63, 3.8) is 0 Å². The Bertz CT molecular complexity index is 1770. The van der Waals surface area contributed by atoms with Gasteiger partial charge in [-0.15, -0.1) is 0 Å². The van der Waals surface area contributed by atoms with Crippen molar-refractivity contribution in [2.24, 2.45) is 15.0 Å². The molecule has 0 spiro atoms. The summed E-state index contributed by atoms with van der Waals surface area (Å²) < 4.78 is 4.89. The Balaban J connectivity index is 1.80. The fourth-order valence-electron chi connectivity index (χ4n) is 7.58. The van der Waals surface area contributed by atoms with E-state index in [-0.39, 0.29) is 0 Å². The highest BCUT2D eigenvalue weighted by Crippen LogP contribution is 2.41. The highest BCUT2D eigenvalue weighted by molar-refractivity contribution is 6.32.